The average molecular weight is 270 g/mol. The van der Waals surface area contributed by atoms with Crippen LogP contribution in [0.3, 0.4) is 0 Å². The lowest BCUT2D eigenvalue weighted by atomic mass is 10.2. The quantitative estimate of drug-likeness (QED) is 0.731. The van der Waals surface area contributed by atoms with Crippen molar-refractivity contribution < 1.29 is 19.4 Å². The lowest BCUT2D eigenvalue weighted by Crippen LogP contribution is -2.47. The number of hydrogen-bond acceptors (Lipinski definition) is 3. The summed E-state index contributed by atoms with van der Waals surface area (Å²) in [4.78, 5) is 26.2. The summed E-state index contributed by atoms with van der Waals surface area (Å²) in [5.41, 5.74) is 0. The zero-order chi connectivity index (χ0) is 13.8. The molecule has 2 amide bonds. The highest BCUT2D eigenvalue weighted by atomic mass is 16.5. The first-order chi connectivity index (χ1) is 9.09. The Labute approximate surface area is 113 Å². The van der Waals surface area contributed by atoms with Crippen molar-refractivity contribution in [2.45, 2.75) is 31.7 Å². The predicted octanol–water partition coefficient (Wildman–Crippen LogP) is 1.01. The highest BCUT2D eigenvalue weighted by Crippen LogP contribution is 2.28. The normalized spacial score (nSPS) is 22.6. The molecule has 1 atom stereocenters. The molecule has 1 aliphatic carbocycles. The molecule has 19 heavy (non-hydrogen) atoms. The summed E-state index contributed by atoms with van der Waals surface area (Å²) >= 11 is 0. The number of carbonyl (C=O) groups excluding carboxylic acids is 1. The molecule has 1 heterocycles. The smallest absolute Gasteiger partial charge is 0.326 e. The van der Waals surface area contributed by atoms with Crippen molar-refractivity contribution >= 4 is 12.0 Å². The Balaban J connectivity index is 1.72. The first kappa shape index (κ1) is 14.1. The van der Waals surface area contributed by atoms with Crippen molar-refractivity contribution in [2.75, 3.05) is 33.4 Å². The van der Waals surface area contributed by atoms with Gasteiger partial charge in [0.25, 0.3) is 0 Å². The lowest BCUT2D eigenvalue weighted by Gasteiger charge is -2.27. The summed E-state index contributed by atoms with van der Waals surface area (Å²) in [7, 11) is 1.69. The Morgan fingerprint density at radius 1 is 1.37 bits per heavy atom. The zero-order valence-corrected chi connectivity index (χ0v) is 11.4. The first-order valence-corrected chi connectivity index (χ1v) is 6.92. The highest BCUT2D eigenvalue weighted by molar-refractivity contribution is 5.83. The van der Waals surface area contributed by atoms with Crippen molar-refractivity contribution in [3.8, 4) is 0 Å². The molecule has 2 rings (SSSR count). The van der Waals surface area contributed by atoms with Crippen LogP contribution in [0.2, 0.25) is 0 Å². The maximum atomic E-state index is 12.1. The van der Waals surface area contributed by atoms with E-state index in [2.05, 4.69) is 0 Å². The summed E-state index contributed by atoms with van der Waals surface area (Å²) in [6, 6.07) is -0.873. The number of carboxylic acids is 1. The molecule has 6 heteroatoms. The van der Waals surface area contributed by atoms with Crippen LogP contribution in [0.4, 0.5) is 4.79 Å². The number of rotatable bonds is 6. The number of carbonyl (C=O) groups is 2. The van der Waals surface area contributed by atoms with Crippen LogP contribution in [0.15, 0.2) is 0 Å². The fourth-order valence-corrected chi connectivity index (χ4v) is 2.30. The lowest BCUT2D eigenvalue weighted by molar-refractivity contribution is -0.141. The summed E-state index contributed by atoms with van der Waals surface area (Å²) in [5, 5.41) is 9.06. The fourth-order valence-electron chi connectivity index (χ4n) is 2.30. The van der Waals surface area contributed by atoms with Gasteiger partial charge in [0.05, 0.1) is 6.61 Å². The molecule has 0 aromatic heterocycles. The standard InChI is InChI=1S/C13H22N2O4/c1-14(7-8-19-9-10-4-5-10)13(18)15-6-2-3-11(15)12(16)17/h10-11H,2-9H2,1H3,(H,16,17). The Bertz CT molecular complexity index is 344. The van der Waals surface area contributed by atoms with Crippen molar-refractivity contribution in [1.82, 2.24) is 9.80 Å². The van der Waals surface area contributed by atoms with Crippen LogP contribution in [0.5, 0.6) is 0 Å². The van der Waals surface area contributed by atoms with Gasteiger partial charge in [-0.25, -0.2) is 9.59 Å². The van der Waals surface area contributed by atoms with E-state index in [9.17, 15) is 9.59 Å². The molecule has 0 bridgehead atoms. The van der Waals surface area contributed by atoms with Crippen molar-refractivity contribution in [2.24, 2.45) is 5.92 Å². The molecule has 1 saturated heterocycles. The van der Waals surface area contributed by atoms with E-state index in [0.717, 1.165) is 18.9 Å². The van der Waals surface area contributed by atoms with Gasteiger partial charge in [-0.2, -0.15) is 0 Å². The van der Waals surface area contributed by atoms with Crippen LogP contribution in [-0.4, -0.2) is 66.3 Å². The van der Waals surface area contributed by atoms with E-state index in [-0.39, 0.29) is 6.03 Å². The second-order valence-corrected chi connectivity index (χ2v) is 5.41. The van der Waals surface area contributed by atoms with Gasteiger partial charge < -0.3 is 19.6 Å². The molecular formula is C13H22N2O4. The second kappa shape index (κ2) is 6.23. The number of amides is 2. The highest BCUT2D eigenvalue weighted by Gasteiger charge is 2.35. The van der Waals surface area contributed by atoms with Crippen molar-refractivity contribution in [1.29, 1.82) is 0 Å². The molecule has 6 nitrogen and oxygen atoms in total. The van der Waals surface area contributed by atoms with Gasteiger partial charge in [0.1, 0.15) is 6.04 Å². The number of hydrogen-bond donors (Lipinski definition) is 1. The van der Waals surface area contributed by atoms with E-state index in [1.807, 2.05) is 0 Å². The van der Waals surface area contributed by atoms with Crippen molar-refractivity contribution in [3.05, 3.63) is 0 Å². The minimum Gasteiger partial charge on any atom is -0.480 e. The average Bonchev–Trinajstić information content (AvgIpc) is 3.06. The number of nitrogens with zero attached hydrogens (tertiary/aromatic N) is 2. The third-order valence-electron chi connectivity index (χ3n) is 3.73. The zero-order valence-electron chi connectivity index (χ0n) is 11.4. The van der Waals surface area contributed by atoms with Gasteiger partial charge in [-0.1, -0.05) is 0 Å². The molecule has 1 unspecified atom stereocenters. The molecule has 0 spiro atoms. The molecule has 0 radical (unpaired) electrons. The maximum absolute atomic E-state index is 12.1. The van der Waals surface area contributed by atoms with Gasteiger partial charge in [0.2, 0.25) is 0 Å². The molecule has 1 aliphatic heterocycles. The minimum atomic E-state index is -0.913. The molecule has 0 aromatic carbocycles. The molecule has 2 aliphatic rings. The third kappa shape index (κ3) is 3.83. The molecule has 0 aromatic rings. The maximum Gasteiger partial charge on any atom is 0.326 e. The third-order valence-corrected chi connectivity index (χ3v) is 3.73. The SMILES string of the molecule is CN(CCOCC1CC1)C(=O)N1CCCC1C(=O)O. The number of likely N-dealkylation sites (N-methyl/N-ethyl adjacent to an activating group) is 1. The van der Waals surface area contributed by atoms with E-state index in [1.54, 1.807) is 11.9 Å². The number of aliphatic carboxylic acids is 1. The Morgan fingerprint density at radius 2 is 2.11 bits per heavy atom. The summed E-state index contributed by atoms with van der Waals surface area (Å²) in [6.45, 7) is 2.34. The number of ether oxygens (including phenoxy) is 1. The van der Waals surface area contributed by atoms with Crippen LogP contribution >= 0.6 is 0 Å². The molecule has 1 saturated carbocycles. The van der Waals surface area contributed by atoms with Gasteiger partial charge in [-0.3, -0.25) is 0 Å². The monoisotopic (exact) mass is 270 g/mol. The van der Waals surface area contributed by atoms with Gasteiger partial charge in [0.15, 0.2) is 0 Å². The Morgan fingerprint density at radius 3 is 2.74 bits per heavy atom. The second-order valence-electron chi connectivity index (χ2n) is 5.41. The van der Waals surface area contributed by atoms with Crippen molar-refractivity contribution in [3.63, 3.8) is 0 Å². The number of urea groups is 1. The van der Waals surface area contributed by atoms with E-state index < -0.39 is 12.0 Å². The summed E-state index contributed by atoms with van der Waals surface area (Å²) in [6.07, 6.45) is 3.81. The minimum absolute atomic E-state index is 0.208. The van der Waals surface area contributed by atoms with E-state index in [0.29, 0.717) is 26.1 Å². The van der Waals surface area contributed by atoms with Crippen LogP contribution < -0.4 is 0 Å². The molecule has 1 N–H and O–H groups in total. The predicted molar refractivity (Wildman–Crippen MR) is 68.9 cm³/mol. The Kier molecular flexibility index (Phi) is 4.63. The van der Waals surface area contributed by atoms with Gasteiger partial charge in [-0.15, -0.1) is 0 Å². The van der Waals surface area contributed by atoms with Gasteiger partial charge >= 0.3 is 12.0 Å². The Hall–Kier alpha value is -1.30. The van der Waals surface area contributed by atoms with Crippen LogP contribution in [0, 0.1) is 5.92 Å². The van der Waals surface area contributed by atoms with Crippen LogP contribution in [0.1, 0.15) is 25.7 Å². The topological polar surface area (TPSA) is 70.1 Å². The fraction of sp³-hybridized carbons (Fsp3) is 0.846. The first-order valence-electron chi connectivity index (χ1n) is 6.92. The summed E-state index contributed by atoms with van der Waals surface area (Å²) < 4.78 is 5.49. The molecule has 108 valence electrons. The number of likely N-dealkylation sites (tertiary alicyclic amines) is 1. The van der Waals surface area contributed by atoms with Crippen LogP contribution in [-0.2, 0) is 9.53 Å². The molecule has 2 fully saturated rings. The van der Waals surface area contributed by atoms with Gasteiger partial charge in [-0.05, 0) is 31.6 Å². The van der Waals surface area contributed by atoms with E-state index in [1.165, 1.54) is 17.7 Å². The molecular weight excluding hydrogens is 248 g/mol. The largest absolute Gasteiger partial charge is 0.480 e. The summed E-state index contributed by atoms with van der Waals surface area (Å²) in [5.74, 6) is -0.194. The van der Waals surface area contributed by atoms with E-state index >= 15 is 0 Å². The number of carboxylic acid groups (broad SMARTS) is 1. The van der Waals surface area contributed by atoms with Crippen LogP contribution in [0.25, 0.3) is 0 Å². The van der Waals surface area contributed by atoms with Gasteiger partial charge in [0, 0.05) is 26.7 Å². The van der Waals surface area contributed by atoms with E-state index in [4.69, 9.17) is 9.84 Å².